The fourth-order valence-electron chi connectivity index (χ4n) is 2.58. The molecule has 1 aromatic rings. The minimum atomic E-state index is -1.14. The number of aliphatic imine (C=N–C) groups is 1. The fourth-order valence-corrected chi connectivity index (χ4v) is 2.58. The van der Waals surface area contributed by atoms with Crippen LogP contribution in [0, 0.1) is 6.92 Å². The maximum atomic E-state index is 10.6. The summed E-state index contributed by atoms with van der Waals surface area (Å²) in [5, 5.41) is 17.1. The molecule has 136 valence electrons. The molecular weight excluding hydrogens is 308 g/mol. The molecule has 2 atom stereocenters. The monoisotopic (exact) mass is 338 g/mol. The first-order valence-electron chi connectivity index (χ1n) is 8.52. The van der Waals surface area contributed by atoms with E-state index in [0.29, 0.717) is 18.3 Å². The predicted molar refractivity (Wildman–Crippen MR) is 94.2 cm³/mol. The standard InChI is InChI=1S/C17H30N4O3/c1-5-18-16(19-10-14-11-21(4)8-9-23-14)20-12-17(3,22)15-7-6-13(2)24-15/h6-7,14,22H,5,8-12H2,1-4H3,(H2,18,19,20). The van der Waals surface area contributed by atoms with Crippen molar-refractivity contribution in [2.45, 2.75) is 32.5 Å². The number of hydrogen-bond donors (Lipinski definition) is 3. The highest BCUT2D eigenvalue weighted by atomic mass is 16.5. The number of rotatable bonds is 6. The second-order valence-electron chi connectivity index (χ2n) is 6.52. The van der Waals surface area contributed by atoms with Crippen LogP contribution in [0.25, 0.3) is 0 Å². The zero-order valence-electron chi connectivity index (χ0n) is 15.1. The Morgan fingerprint density at radius 1 is 1.46 bits per heavy atom. The van der Waals surface area contributed by atoms with Crippen molar-refractivity contribution in [2.24, 2.45) is 4.99 Å². The molecule has 2 heterocycles. The summed E-state index contributed by atoms with van der Waals surface area (Å²) in [5.74, 6) is 1.97. The van der Waals surface area contributed by atoms with Gasteiger partial charge in [0.25, 0.3) is 0 Å². The van der Waals surface area contributed by atoms with Gasteiger partial charge in [-0.2, -0.15) is 0 Å². The van der Waals surface area contributed by atoms with Crippen LogP contribution in [0.4, 0.5) is 0 Å². The Morgan fingerprint density at radius 2 is 2.25 bits per heavy atom. The van der Waals surface area contributed by atoms with E-state index in [1.807, 2.05) is 19.9 Å². The first kappa shape index (κ1) is 18.8. The van der Waals surface area contributed by atoms with Crippen molar-refractivity contribution >= 4 is 5.96 Å². The second kappa shape index (κ2) is 8.50. The zero-order chi connectivity index (χ0) is 17.6. The van der Waals surface area contributed by atoms with Crippen LogP contribution in [-0.4, -0.2) is 68.4 Å². The molecule has 0 radical (unpaired) electrons. The number of furan rings is 1. The predicted octanol–water partition coefficient (Wildman–Crippen LogP) is 0.681. The Labute approximate surface area is 144 Å². The normalized spacial score (nSPS) is 22.2. The number of nitrogens with zero attached hydrogens (tertiary/aromatic N) is 2. The van der Waals surface area contributed by atoms with Gasteiger partial charge < -0.3 is 29.8 Å². The van der Waals surface area contributed by atoms with Crippen molar-refractivity contribution in [1.29, 1.82) is 0 Å². The summed E-state index contributed by atoms with van der Waals surface area (Å²) in [4.78, 5) is 6.74. The molecule has 0 amide bonds. The molecule has 24 heavy (non-hydrogen) atoms. The van der Waals surface area contributed by atoms with E-state index >= 15 is 0 Å². The summed E-state index contributed by atoms with van der Waals surface area (Å²) in [6.07, 6.45) is 0.140. The number of morpholine rings is 1. The third kappa shape index (κ3) is 5.51. The molecule has 1 aliphatic heterocycles. The SMILES string of the molecule is CCNC(=NCC(C)(O)c1ccc(C)o1)NCC1CN(C)CCO1. The van der Waals surface area contributed by atoms with Gasteiger partial charge in [-0.3, -0.25) is 0 Å². The topological polar surface area (TPSA) is 82.3 Å². The third-order valence-electron chi connectivity index (χ3n) is 4.00. The molecule has 1 saturated heterocycles. The maximum absolute atomic E-state index is 10.6. The van der Waals surface area contributed by atoms with Gasteiger partial charge in [-0.1, -0.05) is 0 Å². The number of hydrogen-bond acceptors (Lipinski definition) is 5. The Kier molecular flexibility index (Phi) is 6.65. The van der Waals surface area contributed by atoms with Crippen LogP contribution < -0.4 is 10.6 Å². The summed E-state index contributed by atoms with van der Waals surface area (Å²) in [6.45, 7) is 9.83. The highest BCUT2D eigenvalue weighted by Crippen LogP contribution is 2.23. The quantitative estimate of drug-likeness (QED) is 0.523. The summed E-state index contributed by atoms with van der Waals surface area (Å²) in [6, 6.07) is 3.63. The molecule has 1 aliphatic rings. The van der Waals surface area contributed by atoms with Gasteiger partial charge in [-0.05, 0) is 40.0 Å². The van der Waals surface area contributed by atoms with Gasteiger partial charge in [0.2, 0.25) is 0 Å². The molecule has 1 fully saturated rings. The molecular formula is C17H30N4O3. The van der Waals surface area contributed by atoms with E-state index in [4.69, 9.17) is 9.15 Å². The molecule has 2 rings (SSSR count). The van der Waals surface area contributed by atoms with Gasteiger partial charge in [0.05, 0.1) is 19.3 Å². The van der Waals surface area contributed by atoms with E-state index in [9.17, 15) is 5.11 Å². The van der Waals surface area contributed by atoms with Crippen LogP contribution in [0.2, 0.25) is 0 Å². The van der Waals surface area contributed by atoms with E-state index in [2.05, 4.69) is 27.6 Å². The summed E-state index contributed by atoms with van der Waals surface area (Å²) >= 11 is 0. The van der Waals surface area contributed by atoms with Crippen LogP contribution >= 0.6 is 0 Å². The van der Waals surface area contributed by atoms with E-state index < -0.39 is 5.60 Å². The van der Waals surface area contributed by atoms with Gasteiger partial charge in [0.15, 0.2) is 5.96 Å². The maximum Gasteiger partial charge on any atom is 0.191 e. The smallest absolute Gasteiger partial charge is 0.191 e. The number of aliphatic hydroxyl groups is 1. The lowest BCUT2D eigenvalue weighted by atomic mass is 10.0. The average molecular weight is 338 g/mol. The number of ether oxygens (including phenoxy) is 1. The lowest BCUT2D eigenvalue weighted by Gasteiger charge is -2.30. The summed E-state index contributed by atoms with van der Waals surface area (Å²) in [7, 11) is 2.09. The lowest BCUT2D eigenvalue weighted by molar-refractivity contribution is -0.0161. The van der Waals surface area contributed by atoms with Crippen molar-refractivity contribution in [3.05, 3.63) is 23.7 Å². The molecule has 0 aliphatic carbocycles. The number of nitrogens with one attached hydrogen (secondary N) is 2. The Bertz CT molecular complexity index is 542. The first-order chi connectivity index (χ1) is 11.4. The van der Waals surface area contributed by atoms with Crippen molar-refractivity contribution in [2.75, 3.05) is 46.4 Å². The number of aryl methyl sites for hydroxylation is 1. The van der Waals surface area contributed by atoms with Gasteiger partial charge >= 0.3 is 0 Å². The van der Waals surface area contributed by atoms with Crippen LogP contribution in [0.15, 0.2) is 21.5 Å². The molecule has 0 aromatic carbocycles. The first-order valence-corrected chi connectivity index (χ1v) is 8.52. The highest BCUT2D eigenvalue weighted by Gasteiger charge is 2.27. The van der Waals surface area contributed by atoms with Crippen LogP contribution in [0.5, 0.6) is 0 Å². The number of guanidine groups is 1. The Morgan fingerprint density at radius 3 is 2.88 bits per heavy atom. The largest absolute Gasteiger partial charge is 0.463 e. The van der Waals surface area contributed by atoms with Gasteiger partial charge in [0.1, 0.15) is 17.1 Å². The van der Waals surface area contributed by atoms with Crippen molar-refractivity contribution in [3.63, 3.8) is 0 Å². The number of likely N-dealkylation sites (N-methyl/N-ethyl adjacent to an activating group) is 1. The molecule has 0 saturated carbocycles. The molecule has 7 nitrogen and oxygen atoms in total. The molecule has 3 N–H and O–H groups in total. The molecule has 0 spiro atoms. The van der Waals surface area contributed by atoms with Gasteiger partial charge in [0, 0.05) is 26.2 Å². The average Bonchev–Trinajstić information content (AvgIpc) is 2.98. The highest BCUT2D eigenvalue weighted by molar-refractivity contribution is 5.79. The summed E-state index contributed by atoms with van der Waals surface area (Å²) < 4.78 is 11.3. The Balaban J connectivity index is 1.92. The van der Waals surface area contributed by atoms with E-state index in [1.165, 1.54) is 0 Å². The molecule has 0 bridgehead atoms. The van der Waals surface area contributed by atoms with Crippen molar-refractivity contribution in [1.82, 2.24) is 15.5 Å². The summed E-state index contributed by atoms with van der Waals surface area (Å²) in [5.41, 5.74) is -1.14. The van der Waals surface area contributed by atoms with Gasteiger partial charge in [-0.15, -0.1) is 0 Å². The zero-order valence-corrected chi connectivity index (χ0v) is 15.1. The van der Waals surface area contributed by atoms with E-state index in [1.54, 1.807) is 13.0 Å². The second-order valence-corrected chi connectivity index (χ2v) is 6.52. The van der Waals surface area contributed by atoms with Crippen molar-refractivity contribution in [3.8, 4) is 0 Å². The third-order valence-corrected chi connectivity index (χ3v) is 4.00. The van der Waals surface area contributed by atoms with Crippen LogP contribution in [-0.2, 0) is 10.3 Å². The van der Waals surface area contributed by atoms with E-state index in [-0.39, 0.29) is 12.6 Å². The van der Waals surface area contributed by atoms with Crippen molar-refractivity contribution < 1.29 is 14.3 Å². The minimum absolute atomic E-state index is 0.140. The fraction of sp³-hybridized carbons (Fsp3) is 0.706. The molecule has 1 aromatic heterocycles. The molecule has 7 heteroatoms. The molecule has 2 unspecified atom stereocenters. The Hall–Kier alpha value is -1.57. The van der Waals surface area contributed by atoms with Crippen LogP contribution in [0.3, 0.4) is 0 Å². The minimum Gasteiger partial charge on any atom is -0.463 e. The van der Waals surface area contributed by atoms with Gasteiger partial charge in [-0.25, -0.2) is 4.99 Å². The lowest BCUT2D eigenvalue weighted by Crippen LogP contribution is -2.48. The van der Waals surface area contributed by atoms with Crippen LogP contribution in [0.1, 0.15) is 25.4 Å². The van der Waals surface area contributed by atoms with E-state index in [0.717, 1.165) is 32.0 Å².